The molecule has 2 heterocycles. The molecular formula is C6H4N5. The number of rotatable bonds is 1. The first-order chi connectivity index (χ1) is 5.47. The minimum Gasteiger partial charge on any atom is -0.263 e. The standard InChI is InChI=1S/C6H4N5/c1-2-5(4-7-3-1)6-8-10-11-9-6/h2-4H,(H,8,9,10,11). The van der Waals surface area contributed by atoms with E-state index in [0.29, 0.717) is 5.82 Å². The number of H-pyrrole nitrogens is 1. The molecule has 1 radical (unpaired) electrons. The highest BCUT2D eigenvalue weighted by Crippen LogP contribution is 2.08. The number of tetrazole rings is 1. The molecule has 2 rings (SSSR count). The zero-order chi connectivity index (χ0) is 7.52. The molecule has 0 spiro atoms. The number of pyridine rings is 1. The van der Waals surface area contributed by atoms with Crippen LogP contribution in [0.2, 0.25) is 0 Å². The third-order valence-electron chi connectivity index (χ3n) is 1.22. The fourth-order valence-electron chi connectivity index (χ4n) is 0.736. The Morgan fingerprint density at radius 2 is 2.45 bits per heavy atom. The molecule has 0 aliphatic heterocycles. The van der Waals surface area contributed by atoms with Crippen LogP contribution in [0.4, 0.5) is 0 Å². The van der Waals surface area contributed by atoms with Gasteiger partial charge in [-0.3, -0.25) is 4.98 Å². The van der Waals surface area contributed by atoms with Gasteiger partial charge in [0.2, 0.25) is 0 Å². The molecule has 0 aliphatic rings. The first-order valence-corrected chi connectivity index (χ1v) is 3.02. The molecule has 11 heavy (non-hydrogen) atoms. The molecule has 0 aliphatic carbocycles. The Morgan fingerprint density at radius 1 is 1.45 bits per heavy atom. The smallest absolute Gasteiger partial charge is 0.180 e. The second-order valence-corrected chi connectivity index (χ2v) is 1.92. The summed E-state index contributed by atoms with van der Waals surface area (Å²) in [7, 11) is 0. The predicted octanol–water partition coefficient (Wildman–Crippen LogP) is 0.0619. The van der Waals surface area contributed by atoms with Crippen LogP contribution >= 0.6 is 0 Å². The van der Waals surface area contributed by atoms with Crippen molar-refractivity contribution in [3.63, 3.8) is 0 Å². The van der Waals surface area contributed by atoms with Gasteiger partial charge in [0.25, 0.3) is 0 Å². The summed E-state index contributed by atoms with van der Waals surface area (Å²) >= 11 is 0. The highest BCUT2D eigenvalue weighted by atomic mass is 15.5. The van der Waals surface area contributed by atoms with Gasteiger partial charge in [-0.15, -0.1) is 5.10 Å². The summed E-state index contributed by atoms with van der Waals surface area (Å²) in [5.41, 5.74) is 0.831. The number of nitrogens with zero attached hydrogens (tertiary/aromatic N) is 4. The van der Waals surface area contributed by atoms with Gasteiger partial charge >= 0.3 is 0 Å². The largest absolute Gasteiger partial charge is 0.263 e. The van der Waals surface area contributed by atoms with Crippen LogP contribution in [0.25, 0.3) is 11.4 Å². The average molecular weight is 146 g/mol. The van der Waals surface area contributed by atoms with Gasteiger partial charge in [0, 0.05) is 24.0 Å². The van der Waals surface area contributed by atoms with Gasteiger partial charge < -0.3 is 0 Å². The van der Waals surface area contributed by atoms with Crippen molar-refractivity contribution in [2.24, 2.45) is 0 Å². The topological polar surface area (TPSA) is 67.3 Å². The quantitative estimate of drug-likeness (QED) is 0.617. The molecule has 0 aromatic carbocycles. The maximum atomic E-state index is 3.87. The lowest BCUT2D eigenvalue weighted by Gasteiger charge is -1.89. The number of hydrogen-bond donors (Lipinski definition) is 1. The van der Waals surface area contributed by atoms with E-state index in [4.69, 9.17) is 0 Å². The van der Waals surface area contributed by atoms with Crippen LogP contribution in [0.1, 0.15) is 0 Å². The Kier molecular flexibility index (Phi) is 1.33. The normalized spacial score (nSPS) is 9.82. The molecule has 2 aromatic rings. The molecule has 0 atom stereocenters. The molecule has 0 saturated carbocycles. The van der Waals surface area contributed by atoms with E-state index < -0.39 is 0 Å². The van der Waals surface area contributed by atoms with Crippen molar-refractivity contribution in [1.82, 2.24) is 25.6 Å². The van der Waals surface area contributed by atoms with Crippen LogP contribution in [0.5, 0.6) is 0 Å². The number of nitrogens with one attached hydrogen (secondary N) is 1. The molecule has 2 aromatic heterocycles. The van der Waals surface area contributed by atoms with E-state index in [2.05, 4.69) is 31.7 Å². The molecule has 5 heteroatoms. The Hall–Kier alpha value is -1.78. The van der Waals surface area contributed by atoms with Crippen molar-refractivity contribution < 1.29 is 0 Å². The molecule has 0 fully saturated rings. The summed E-state index contributed by atoms with van der Waals surface area (Å²) in [5.74, 6) is 0.606. The molecule has 0 saturated heterocycles. The SMILES string of the molecule is [c]1cncc(-c2nnn[nH]2)c1. The van der Waals surface area contributed by atoms with Gasteiger partial charge in [0.05, 0.1) is 0 Å². The fourth-order valence-corrected chi connectivity index (χ4v) is 0.736. The highest BCUT2D eigenvalue weighted by molar-refractivity contribution is 5.50. The monoisotopic (exact) mass is 146 g/mol. The number of hydrogen-bond acceptors (Lipinski definition) is 4. The van der Waals surface area contributed by atoms with E-state index in [0.717, 1.165) is 5.56 Å². The van der Waals surface area contributed by atoms with E-state index in [9.17, 15) is 0 Å². The second kappa shape index (κ2) is 2.45. The highest BCUT2D eigenvalue weighted by Gasteiger charge is 1.98. The minimum absolute atomic E-state index is 0.606. The first kappa shape index (κ1) is 5.96. The summed E-state index contributed by atoms with van der Waals surface area (Å²) < 4.78 is 0. The molecular weight excluding hydrogens is 142 g/mol. The second-order valence-electron chi connectivity index (χ2n) is 1.92. The predicted molar refractivity (Wildman–Crippen MR) is 36.2 cm³/mol. The van der Waals surface area contributed by atoms with Gasteiger partial charge in [0.15, 0.2) is 5.82 Å². The van der Waals surface area contributed by atoms with E-state index >= 15 is 0 Å². The molecule has 0 bridgehead atoms. The van der Waals surface area contributed by atoms with Gasteiger partial charge in [-0.25, -0.2) is 5.10 Å². The fraction of sp³-hybridized carbons (Fsp3) is 0. The van der Waals surface area contributed by atoms with Gasteiger partial charge in [-0.05, 0) is 16.5 Å². The van der Waals surface area contributed by atoms with Crippen molar-refractivity contribution in [3.05, 3.63) is 24.5 Å². The Bertz CT molecular complexity index is 314. The van der Waals surface area contributed by atoms with Crippen LogP contribution < -0.4 is 0 Å². The summed E-state index contributed by atoms with van der Waals surface area (Å²) in [6.45, 7) is 0. The van der Waals surface area contributed by atoms with Crippen LogP contribution in [0.15, 0.2) is 18.5 Å². The van der Waals surface area contributed by atoms with Gasteiger partial charge in [-0.1, -0.05) is 0 Å². The summed E-state index contributed by atoms with van der Waals surface area (Å²) in [6, 6.07) is 4.58. The third kappa shape index (κ3) is 1.07. The average Bonchev–Trinajstić information content (AvgIpc) is 2.58. The van der Waals surface area contributed by atoms with Crippen molar-refractivity contribution in [2.75, 3.05) is 0 Å². The summed E-state index contributed by atoms with van der Waals surface area (Å²) in [4.78, 5) is 3.87. The Balaban J connectivity index is 2.46. The van der Waals surface area contributed by atoms with Crippen LogP contribution in [0.3, 0.4) is 0 Å². The van der Waals surface area contributed by atoms with Gasteiger partial charge in [-0.2, -0.15) is 0 Å². The van der Waals surface area contributed by atoms with Gasteiger partial charge in [0.1, 0.15) is 0 Å². The van der Waals surface area contributed by atoms with Crippen molar-refractivity contribution in [2.45, 2.75) is 0 Å². The Labute approximate surface area is 62.5 Å². The minimum atomic E-state index is 0.606. The van der Waals surface area contributed by atoms with Crippen molar-refractivity contribution >= 4 is 0 Å². The van der Waals surface area contributed by atoms with Crippen LogP contribution in [0, 0.1) is 6.07 Å². The van der Waals surface area contributed by atoms with Crippen LogP contribution in [-0.4, -0.2) is 25.6 Å². The Morgan fingerprint density at radius 3 is 3.09 bits per heavy atom. The first-order valence-electron chi connectivity index (χ1n) is 3.02. The molecule has 0 unspecified atom stereocenters. The molecule has 5 nitrogen and oxygen atoms in total. The van der Waals surface area contributed by atoms with Crippen LogP contribution in [-0.2, 0) is 0 Å². The maximum Gasteiger partial charge on any atom is 0.180 e. The number of aromatic nitrogens is 5. The third-order valence-corrected chi connectivity index (χ3v) is 1.22. The van der Waals surface area contributed by atoms with E-state index in [1.54, 1.807) is 18.5 Å². The summed E-state index contributed by atoms with van der Waals surface area (Å²) in [5, 5.41) is 13.2. The zero-order valence-corrected chi connectivity index (χ0v) is 5.52. The zero-order valence-electron chi connectivity index (χ0n) is 5.52. The lowest BCUT2D eigenvalue weighted by Crippen LogP contribution is -1.81. The maximum absolute atomic E-state index is 3.87. The molecule has 53 valence electrons. The lowest BCUT2D eigenvalue weighted by molar-refractivity contribution is 0.881. The van der Waals surface area contributed by atoms with E-state index in [1.807, 2.05) is 0 Å². The summed E-state index contributed by atoms with van der Waals surface area (Å²) in [6.07, 6.45) is 3.24. The molecule has 0 amide bonds. The molecule has 1 N–H and O–H groups in total. The van der Waals surface area contributed by atoms with Crippen molar-refractivity contribution in [1.29, 1.82) is 0 Å². The van der Waals surface area contributed by atoms with E-state index in [-0.39, 0.29) is 0 Å². The van der Waals surface area contributed by atoms with Crippen molar-refractivity contribution in [3.8, 4) is 11.4 Å². The lowest BCUT2D eigenvalue weighted by atomic mass is 10.3. The van der Waals surface area contributed by atoms with E-state index in [1.165, 1.54) is 0 Å². The number of aromatic amines is 1.